The Morgan fingerprint density at radius 3 is 2.69 bits per heavy atom. The van der Waals surface area contributed by atoms with Crippen molar-refractivity contribution in [2.75, 3.05) is 20.2 Å². The predicted octanol–water partition coefficient (Wildman–Crippen LogP) is 3.82. The van der Waals surface area contributed by atoms with Crippen LogP contribution in [0.1, 0.15) is 29.6 Å². The maximum absolute atomic E-state index is 12.4. The van der Waals surface area contributed by atoms with Crippen molar-refractivity contribution < 1.29 is 9.53 Å². The van der Waals surface area contributed by atoms with Crippen molar-refractivity contribution in [1.29, 1.82) is 0 Å². The van der Waals surface area contributed by atoms with E-state index in [0.717, 1.165) is 36.0 Å². The first-order chi connectivity index (χ1) is 12.7. The van der Waals surface area contributed by atoms with Gasteiger partial charge in [0.1, 0.15) is 6.04 Å². The Kier molecular flexibility index (Phi) is 6.11. The fourth-order valence-electron chi connectivity index (χ4n) is 3.06. The molecule has 0 bridgehead atoms. The SMILES string of the molecule is CCN1C(NCCc2cccs2)=N[C@@H](c2cccs2)C(C(=O)OC)=C1C. The maximum atomic E-state index is 12.4. The van der Waals surface area contributed by atoms with E-state index in [1.807, 2.05) is 29.3 Å². The summed E-state index contributed by atoms with van der Waals surface area (Å²) in [4.78, 5) is 21.7. The normalized spacial score (nSPS) is 17.3. The summed E-state index contributed by atoms with van der Waals surface area (Å²) in [5, 5.41) is 7.56. The Morgan fingerprint density at radius 1 is 1.31 bits per heavy atom. The van der Waals surface area contributed by atoms with Gasteiger partial charge in [-0.3, -0.25) is 0 Å². The van der Waals surface area contributed by atoms with Crippen molar-refractivity contribution >= 4 is 34.6 Å². The number of thiophene rings is 2. The summed E-state index contributed by atoms with van der Waals surface area (Å²) in [5.41, 5.74) is 1.51. The van der Waals surface area contributed by atoms with Crippen molar-refractivity contribution in [3.63, 3.8) is 0 Å². The summed E-state index contributed by atoms with van der Waals surface area (Å²) < 4.78 is 5.04. The number of carbonyl (C=O) groups excluding carboxylic acids is 1. The molecule has 1 N–H and O–H groups in total. The molecular weight excluding hydrogens is 366 g/mol. The van der Waals surface area contributed by atoms with Crippen LogP contribution in [-0.2, 0) is 16.0 Å². The summed E-state index contributed by atoms with van der Waals surface area (Å²) in [6.07, 6.45) is 0.949. The highest BCUT2D eigenvalue weighted by Gasteiger charge is 2.33. The first-order valence-electron chi connectivity index (χ1n) is 8.59. The van der Waals surface area contributed by atoms with Gasteiger partial charge >= 0.3 is 5.97 Å². The molecule has 0 saturated carbocycles. The lowest BCUT2D eigenvalue weighted by Gasteiger charge is -2.34. The highest BCUT2D eigenvalue weighted by atomic mass is 32.1. The third kappa shape index (κ3) is 3.83. The Balaban J connectivity index is 1.86. The number of allylic oxidation sites excluding steroid dienone is 1. The maximum Gasteiger partial charge on any atom is 0.338 e. The lowest BCUT2D eigenvalue weighted by molar-refractivity contribution is -0.136. The minimum Gasteiger partial charge on any atom is -0.466 e. The number of esters is 1. The van der Waals surface area contributed by atoms with E-state index >= 15 is 0 Å². The molecule has 0 saturated heterocycles. The standard InChI is InChI=1S/C19H23N3O2S2/c1-4-22-13(2)16(18(23)24-3)17(15-8-6-12-26-15)21-19(22)20-10-9-14-7-5-11-25-14/h5-8,11-12,17H,4,9-10H2,1-3H3,(H,20,21)/t17-/m0/s1. The molecule has 0 fully saturated rings. The molecule has 1 aliphatic rings. The van der Waals surface area contributed by atoms with Crippen LogP contribution in [0.2, 0.25) is 0 Å². The number of methoxy groups -OCH3 is 1. The second-order valence-electron chi connectivity index (χ2n) is 5.86. The number of nitrogens with one attached hydrogen (secondary N) is 1. The van der Waals surface area contributed by atoms with Crippen LogP contribution in [0.15, 0.2) is 51.3 Å². The van der Waals surface area contributed by atoms with Gasteiger partial charge in [-0.15, -0.1) is 22.7 Å². The molecule has 3 rings (SSSR count). The largest absolute Gasteiger partial charge is 0.466 e. The van der Waals surface area contributed by atoms with Gasteiger partial charge in [-0.25, -0.2) is 9.79 Å². The minimum atomic E-state index is -0.325. The van der Waals surface area contributed by atoms with E-state index in [1.54, 1.807) is 22.7 Å². The van der Waals surface area contributed by atoms with Crippen LogP contribution in [-0.4, -0.2) is 37.0 Å². The molecule has 0 amide bonds. The summed E-state index contributed by atoms with van der Waals surface area (Å²) in [5.74, 6) is 0.494. The van der Waals surface area contributed by atoms with E-state index in [0.29, 0.717) is 5.57 Å². The van der Waals surface area contributed by atoms with E-state index < -0.39 is 0 Å². The van der Waals surface area contributed by atoms with Crippen LogP contribution < -0.4 is 5.32 Å². The molecule has 2 aromatic heterocycles. The molecule has 0 aliphatic carbocycles. The van der Waals surface area contributed by atoms with Gasteiger partial charge in [0.2, 0.25) is 0 Å². The molecule has 26 heavy (non-hydrogen) atoms. The Morgan fingerprint density at radius 2 is 2.08 bits per heavy atom. The summed E-state index contributed by atoms with van der Waals surface area (Å²) in [6.45, 7) is 5.55. The molecule has 3 heterocycles. The zero-order valence-corrected chi connectivity index (χ0v) is 16.8. The molecule has 0 aromatic carbocycles. The number of rotatable bonds is 6. The van der Waals surface area contributed by atoms with Gasteiger partial charge in [0.15, 0.2) is 5.96 Å². The average molecular weight is 390 g/mol. The van der Waals surface area contributed by atoms with E-state index in [1.165, 1.54) is 12.0 Å². The van der Waals surface area contributed by atoms with Crippen LogP contribution in [0, 0.1) is 0 Å². The molecule has 0 unspecified atom stereocenters. The third-order valence-electron chi connectivity index (χ3n) is 4.34. The van der Waals surface area contributed by atoms with Crippen molar-refractivity contribution in [1.82, 2.24) is 10.2 Å². The van der Waals surface area contributed by atoms with Gasteiger partial charge in [0.25, 0.3) is 0 Å². The van der Waals surface area contributed by atoms with Gasteiger partial charge < -0.3 is 15.0 Å². The highest BCUT2D eigenvalue weighted by Crippen LogP contribution is 2.36. The third-order valence-corrected chi connectivity index (χ3v) is 6.20. The summed E-state index contributed by atoms with van der Waals surface area (Å²) in [7, 11) is 1.42. The van der Waals surface area contributed by atoms with Crippen molar-refractivity contribution in [2.45, 2.75) is 26.3 Å². The summed E-state index contributed by atoms with van der Waals surface area (Å²) in [6, 6.07) is 7.88. The van der Waals surface area contributed by atoms with Crippen LogP contribution in [0.3, 0.4) is 0 Å². The molecule has 7 heteroatoms. The Bertz CT molecular complexity index is 795. The quantitative estimate of drug-likeness (QED) is 0.763. The van der Waals surface area contributed by atoms with Crippen molar-refractivity contribution in [3.05, 3.63) is 56.1 Å². The Labute approximate surface area is 162 Å². The molecular formula is C19H23N3O2S2. The van der Waals surface area contributed by atoms with E-state index in [9.17, 15) is 4.79 Å². The van der Waals surface area contributed by atoms with E-state index in [4.69, 9.17) is 9.73 Å². The molecule has 2 aromatic rings. The molecule has 5 nitrogen and oxygen atoms in total. The van der Waals surface area contributed by atoms with Gasteiger partial charge in [0, 0.05) is 28.5 Å². The zero-order valence-electron chi connectivity index (χ0n) is 15.2. The molecule has 1 aliphatic heterocycles. The van der Waals surface area contributed by atoms with Crippen molar-refractivity contribution in [3.8, 4) is 0 Å². The lowest BCUT2D eigenvalue weighted by atomic mass is 10.0. The first-order valence-corrected chi connectivity index (χ1v) is 10.4. The lowest BCUT2D eigenvalue weighted by Crippen LogP contribution is -2.45. The van der Waals surface area contributed by atoms with Crippen LogP contribution in [0.4, 0.5) is 0 Å². The number of ether oxygens (including phenoxy) is 1. The molecule has 0 spiro atoms. The average Bonchev–Trinajstić information content (AvgIpc) is 3.34. The molecule has 1 atom stereocenters. The first kappa shape index (κ1) is 18.7. The second kappa shape index (κ2) is 8.51. The van der Waals surface area contributed by atoms with Gasteiger partial charge in [-0.05, 0) is 43.2 Å². The second-order valence-corrected chi connectivity index (χ2v) is 7.87. The smallest absolute Gasteiger partial charge is 0.338 e. The topological polar surface area (TPSA) is 53.9 Å². The van der Waals surface area contributed by atoms with E-state index in [-0.39, 0.29) is 12.0 Å². The van der Waals surface area contributed by atoms with Gasteiger partial charge in [0.05, 0.1) is 12.7 Å². The molecule has 138 valence electrons. The number of hydrogen-bond donors (Lipinski definition) is 1. The van der Waals surface area contributed by atoms with Gasteiger partial charge in [-0.2, -0.15) is 0 Å². The number of carbonyl (C=O) groups is 1. The van der Waals surface area contributed by atoms with Crippen molar-refractivity contribution in [2.24, 2.45) is 4.99 Å². The fraction of sp³-hybridized carbons (Fsp3) is 0.368. The number of nitrogens with zero attached hydrogens (tertiary/aromatic N) is 2. The number of hydrogen-bond acceptors (Lipinski definition) is 7. The Hall–Kier alpha value is -2.12. The monoisotopic (exact) mass is 389 g/mol. The molecule has 0 radical (unpaired) electrons. The van der Waals surface area contributed by atoms with Crippen LogP contribution in [0.5, 0.6) is 0 Å². The van der Waals surface area contributed by atoms with Crippen LogP contribution >= 0.6 is 22.7 Å². The summed E-state index contributed by atoms with van der Waals surface area (Å²) >= 11 is 3.36. The number of guanidine groups is 1. The van der Waals surface area contributed by atoms with Gasteiger partial charge in [-0.1, -0.05) is 12.1 Å². The van der Waals surface area contributed by atoms with Crippen LogP contribution in [0.25, 0.3) is 0 Å². The van der Waals surface area contributed by atoms with E-state index in [2.05, 4.69) is 29.8 Å². The number of aliphatic imine (C=N–C) groups is 1. The predicted molar refractivity (Wildman–Crippen MR) is 108 cm³/mol. The zero-order chi connectivity index (χ0) is 18.5. The minimum absolute atomic E-state index is 0.319. The fourth-order valence-corrected chi connectivity index (χ4v) is 4.54. The highest BCUT2D eigenvalue weighted by molar-refractivity contribution is 7.10.